The van der Waals surface area contributed by atoms with E-state index < -0.39 is 36.1 Å². The number of methoxy groups -OCH3 is 1. The molecule has 0 aliphatic rings. The summed E-state index contributed by atoms with van der Waals surface area (Å²) < 4.78 is 55.2. The first-order valence-corrected chi connectivity index (χ1v) is 10.00. The van der Waals surface area contributed by atoms with E-state index in [0.717, 1.165) is 25.0 Å². The number of fused-ring (bicyclic) bond motifs is 1. The zero-order chi connectivity index (χ0) is 24.3. The summed E-state index contributed by atoms with van der Waals surface area (Å²) in [4.78, 5) is 19.8. The summed E-state index contributed by atoms with van der Waals surface area (Å²) in [5.41, 5.74) is -0.453. The Kier molecular flexibility index (Phi) is 7.62. The second-order valence-electron chi connectivity index (χ2n) is 8.91. The molecule has 0 unspecified atom stereocenters. The third-order valence-electron chi connectivity index (χ3n) is 4.54. The van der Waals surface area contributed by atoms with Crippen molar-refractivity contribution in [2.75, 3.05) is 20.3 Å². The van der Waals surface area contributed by atoms with Crippen LogP contribution < -0.4 is 5.32 Å². The van der Waals surface area contributed by atoms with E-state index in [9.17, 15) is 18.0 Å². The fraction of sp³-hybridized carbons (Fsp3) is 0.545. The molecule has 1 aromatic heterocycles. The number of nitrogens with one attached hydrogen (secondary N) is 2. The normalized spacial score (nSPS) is 13.8. The predicted octanol–water partition coefficient (Wildman–Crippen LogP) is 5.15. The van der Waals surface area contributed by atoms with E-state index >= 15 is 0 Å². The number of amides is 1. The maximum atomic E-state index is 13.2. The van der Waals surface area contributed by atoms with Crippen LogP contribution in [0.15, 0.2) is 24.8 Å². The van der Waals surface area contributed by atoms with Crippen LogP contribution in [-0.4, -0.2) is 53.8 Å². The molecule has 2 rings (SSSR count). The van der Waals surface area contributed by atoms with E-state index in [1.54, 1.807) is 40.0 Å². The number of alkyl halides is 3. The number of rotatable bonds is 8. The topological polar surface area (TPSA) is 85.5 Å². The molecule has 1 amide bonds. The lowest BCUT2D eigenvalue weighted by molar-refractivity contribution is -0.265. The van der Waals surface area contributed by atoms with Crippen molar-refractivity contribution in [3.05, 3.63) is 36.2 Å². The zero-order valence-corrected chi connectivity index (χ0v) is 19.1. The SMILES string of the molecule is C=C(COC)c1ccc2[nH]c([C@H](COC(C)(C)C(F)(F)F)NC(=O)OC(C)(C)C)nc2c1. The molecule has 0 fully saturated rings. The van der Waals surface area contributed by atoms with Gasteiger partial charge in [-0.3, -0.25) is 0 Å². The van der Waals surface area contributed by atoms with Crippen molar-refractivity contribution < 1.29 is 32.2 Å². The first-order valence-electron chi connectivity index (χ1n) is 10.00. The van der Waals surface area contributed by atoms with Crippen LogP contribution in [0, 0.1) is 0 Å². The van der Waals surface area contributed by atoms with Crippen LogP contribution in [-0.2, 0) is 14.2 Å². The standard InChI is InChI=1S/C22H30F3N3O4/c1-13(11-30-7)14-8-9-15-16(10-14)27-18(26-15)17(28-19(29)32-20(2,3)4)12-31-21(5,6)22(23,24)25/h8-10,17H,1,11-12H2,2-7H3,(H,26,27)(H,28,29)/t17-/m0/s1. The van der Waals surface area contributed by atoms with Gasteiger partial charge in [-0.1, -0.05) is 12.6 Å². The Hall–Kier alpha value is -2.59. The highest BCUT2D eigenvalue weighted by Gasteiger charge is 2.49. The zero-order valence-electron chi connectivity index (χ0n) is 19.1. The summed E-state index contributed by atoms with van der Waals surface area (Å²) in [6.45, 7) is 10.7. The number of carbonyl (C=O) groups excluding carboxylic acids is 1. The molecule has 178 valence electrons. The van der Waals surface area contributed by atoms with Crippen LogP contribution in [0.4, 0.5) is 18.0 Å². The minimum Gasteiger partial charge on any atom is -0.444 e. The first-order chi connectivity index (χ1) is 14.6. The predicted molar refractivity (Wildman–Crippen MR) is 115 cm³/mol. The first kappa shape index (κ1) is 25.7. The number of ether oxygens (including phenoxy) is 3. The quantitative estimate of drug-likeness (QED) is 0.573. The molecule has 1 aromatic carbocycles. The van der Waals surface area contributed by atoms with Crippen molar-refractivity contribution in [3.63, 3.8) is 0 Å². The number of imidazole rings is 1. The van der Waals surface area contributed by atoms with Crippen molar-refractivity contribution in [1.29, 1.82) is 0 Å². The fourth-order valence-electron chi connectivity index (χ4n) is 2.68. The van der Waals surface area contributed by atoms with Gasteiger partial charge >= 0.3 is 12.3 Å². The molecule has 10 heteroatoms. The summed E-state index contributed by atoms with van der Waals surface area (Å²) >= 11 is 0. The van der Waals surface area contributed by atoms with Crippen LogP contribution in [0.1, 0.15) is 52.0 Å². The summed E-state index contributed by atoms with van der Waals surface area (Å²) in [7, 11) is 1.56. The highest BCUT2D eigenvalue weighted by molar-refractivity contribution is 5.81. The van der Waals surface area contributed by atoms with Gasteiger partial charge in [-0.15, -0.1) is 0 Å². The number of carbonyl (C=O) groups is 1. The molecule has 1 atom stereocenters. The second kappa shape index (κ2) is 9.50. The number of nitrogens with zero attached hydrogens (tertiary/aromatic N) is 1. The summed E-state index contributed by atoms with van der Waals surface area (Å²) in [6, 6.07) is 4.37. The van der Waals surface area contributed by atoms with E-state index in [1.807, 2.05) is 6.07 Å². The van der Waals surface area contributed by atoms with Crippen LogP contribution in [0.3, 0.4) is 0 Å². The minimum absolute atomic E-state index is 0.235. The van der Waals surface area contributed by atoms with E-state index in [-0.39, 0.29) is 5.82 Å². The maximum absolute atomic E-state index is 13.2. The Labute approximate surface area is 185 Å². The van der Waals surface area contributed by atoms with Gasteiger partial charge in [-0.25, -0.2) is 9.78 Å². The Morgan fingerprint density at radius 3 is 2.44 bits per heavy atom. The number of H-pyrrole nitrogens is 1. The second-order valence-corrected chi connectivity index (χ2v) is 8.91. The number of aromatic amines is 1. The molecule has 2 N–H and O–H groups in total. The molecule has 0 radical (unpaired) electrons. The Morgan fingerprint density at radius 1 is 1.22 bits per heavy atom. The van der Waals surface area contributed by atoms with Crippen molar-refractivity contribution in [2.45, 2.75) is 58.0 Å². The number of alkyl carbamates (subject to hydrolysis) is 1. The number of hydrogen-bond acceptors (Lipinski definition) is 5. The minimum atomic E-state index is -4.59. The van der Waals surface area contributed by atoms with Crippen molar-refractivity contribution in [3.8, 4) is 0 Å². The van der Waals surface area contributed by atoms with Gasteiger partial charge in [0.15, 0.2) is 5.60 Å². The third kappa shape index (κ3) is 6.70. The van der Waals surface area contributed by atoms with Crippen LogP contribution in [0.5, 0.6) is 0 Å². The summed E-state index contributed by atoms with van der Waals surface area (Å²) in [5, 5.41) is 2.55. The molecule has 2 aromatic rings. The molecule has 0 saturated carbocycles. The van der Waals surface area contributed by atoms with Gasteiger partial charge in [-0.05, 0) is 57.9 Å². The molecule has 0 bridgehead atoms. The van der Waals surface area contributed by atoms with Crippen molar-refractivity contribution in [2.24, 2.45) is 0 Å². The Balaban J connectivity index is 2.33. The largest absolute Gasteiger partial charge is 0.444 e. The Bertz CT molecular complexity index is 961. The van der Waals surface area contributed by atoms with Gasteiger partial charge in [0.05, 0.1) is 24.2 Å². The average molecular weight is 457 g/mol. The van der Waals surface area contributed by atoms with Gasteiger partial charge in [-0.2, -0.15) is 13.2 Å². The molecule has 7 nitrogen and oxygen atoms in total. The van der Waals surface area contributed by atoms with Gasteiger partial charge in [0.25, 0.3) is 0 Å². The van der Waals surface area contributed by atoms with Gasteiger partial charge < -0.3 is 24.5 Å². The van der Waals surface area contributed by atoms with E-state index in [0.29, 0.717) is 17.6 Å². The molecule has 1 heterocycles. The van der Waals surface area contributed by atoms with Crippen LogP contribution in [0.25, 0.3) is 16.6 Å². The lowest BCUT2D eigenvalue weighted by atomic mass is 10.1. The number of halogens is 3. The third-order valence-corrected chi connectivity index (χ3v) is 4.54. The van der Waals surface area contributed by atoms with E-state index in [1.165, 1.54) is 0 Å². The highest BCUT2D eigenvalue weighted by Crippen LogP contribution is 2.34. The van der Waals surface area contributed by atoms with Crippen molar-refractivity contribution >= 4 is 22.7 Å². The molecule has 0 aliphatic carbocycles. The fourth-order valence-corrected chi connectivity index (χ4v) is 2.68. The molecule has 32 heavy (non-hydrogen) atoms. The molecule has 0 spiro atoms. The summed E-state index contributed by atoms with van der Waals surface area (Å²) in [5.74, 6) is 0.235. The molecular weight excluding hydrogens is 427 g/mol. The van der Waals surface area contributed by atoms with Gasteiger partial charge in [0.1, 0.15) is 17.5 Å². The average Bonchev–Trinajstić information content (AvgIpc) is 3.06. The number of benzene rings is 1. The Morgan fingerprint density at radius 2 is 1.88 bits per heavy atom. The van der Waals surface area contributed by atoms with Crippen molar-refractivity contribution in [1.82, 2.24) is 15.3 Å². The van der Waals surface area contributed by atoms with E-state index in [4.69, 9.17) is 14.2 Å². The molecule has 0 aliphatic heterocycles. The summed E-state index contributed by atoms with van der Waals surface area (Å²) in [6.07, 6.45) is -5.39. The smallest absolute Gasteiger partial charge is 0.416 e. The number of hydrogen-bond donors (Lipinski definition) is 2. The molecule has 0 saturated heterocycles. The maximum Gasteiger partial charge on any atom is 0.416 e. The van der Waals surface area contributed by atoms with E-state index in [2.05, 4.69) is 21.9 Å². The lowest BCUT2D eigenvalue weighted by Crippen LogP contribution is -2.45. The lowest BCUT2D eigenvalue weighted by Gasteiger charge is -2.30. The van der Waals surface area contributed by atoms with Gasteiger partial charge in [0, 0.05) is 7.11 Å². The van der Waals surface area contributed by atoms with Crippen LogP contribution >= 0.6 is 0 Å². The highest BCUT2D eigenvalue weighted by atomic mass is 19.4. The number of aromatic nitrogens is 2. The van der Waals surface area contributed by atoms with Gasteiger partial charge in [0.2, 0.25) is 0 Å². The molecular formula is C22H30F3N3O4. The van der Waals surface area contributed by atoms with Crippen LogP contribution in [0.2, 0.25) is 0 Å². The monoisotopic (exact) mass is 457 g/mol.